The van der Waals surface area contributed by atoms with Crippen molar-refractivity contribution in [2.24, 2.45) is 0 Å². The fraction of sp³-hybridized carbons (Fsp3) is 0.0870. The van der Waals surface area contributed by atoms with Crippen LogP contribution in [0.3, 0.4) is 0 Å². The molecular weight excluding hydrogens is 354 g/mol. The number of anilines is 1. The highest BCUT2D eigenvalue weighted by Crippen LogP contribution is 2.16. The molecule has 3 aromatic rings. The van der Waals surface area contributed by atoms with E-state index in [2.05, 4.69) is 5.32 Å². The summed E-state index contributed by atoms with van der Waals surface area (Å²) in [6.07, 6.45) is 0. The fourth-order valence-electron chi connectivity index (χ4n) is 2.59. The van der Waals surface area contributed by atoms with Gasteiger partial charge in [0.25, 0.3) is 5.91 Å². The summed E-state index contributed by atoms with van der Waals surface area (Å²) in [5.41, 5.74) is 2.33. The number of carbonyl (C=O) groups is 3. The lowest BCUT2D eigenvalue weighted by Crippen LogP contribution is -2.20. The molecule has 0 unspecified atom stereocenters. The van der Waals surface area contributed by atoms with Gasteiger partial charge in [0.05, 0.1) is 0 Å². The van der Waals surface area contributed by atoms with E-state index in [0.29, 0.717) is 28.1 Å². The number of nitrogens with one attached hydrogen (secondary N) is 1. The van der Waals surface area contributed by atoms with E-state index in [4.69, 9.17) is 4.74 Å². The quantitative estimate of drug-likeness (QED) is 0.632. The monoisotopic (exact) mass is 373 g/mol. The van der Waals surface area contributed by atoms with Crippen LogP contribution >= 0.6 is 0 Å². The largest absolute Gasteiger partial charge is 0.484 e. The molecule has 0 fully saturated rings. The molecule has 5 nitrogen and oxygen atoms in total. The van der Waals surface area contributed by atoms with Crippen molar-refractivity contribution in [3.8, 4) is 5.75 Å². The maximum Gasteiger partial charge on any atom is 0.262 e. The summed E-state index contributed by atoms with van der Waals surface area (Å²) < 4.78 is 5.46. The van der Waals surface area contributed by atoms with Crippen molar-refractivity contribution in [1.29, 1.82) is 0 Å². The highest BCUT2D eigenvalue weighted by atomic mass is 16.5. The van der Waals surface area contributed by atoms with Crippen LogP contribution in [0.15, 0.2) is 78.9 Å². The molecule has 140 valence electrons. The van der Waals surface area contributed by atoms with Crippen LogP contribution in [0.2, 0.25) is 0 Å². The van der Waals surface area contributed by atoms with E-state index >= 15 is 0 Å². The Kier molecular flexibility index (Phi) is 5.97. The summed E-state index contributed by atoms with van der Waals surface area (Å²) in [4.78, 5) is 35.6. The maximum absolute atomic E-state index is 12.4. The van der Waals surface area contributed by atoms with Crippen LogP contribution in [0.1, 0.15) is 33.2 Å². The van der Waals surface area contributed by atoms with Gasteiger partial charge in [-0.3, -0.25) is 14.4 Å². The Morgan fingerprint density at radius 3 is 1.93 bits per heavy atom. The number of ketones is 2. The van der Waals surface area contributed by atoms with Crippen LogP contribution in [-0.4, -0.2) is 24.1 Å². The molecule has 0 heterocycles. The van der Waals surface area contributed by atoms with Crippen molar-refractivity contribution in [3.63, 3.8) is 0 Å². The maximum atomic E-state index is 12.4. The summed E-state index contributed by atoms with van der Waals surface area (Å²) in [5, 5.41) is 2.70. The summed E-state index contributed by atoms with van der Waals surface area (Å²) >= 11 is 0. The molecule has 0 bridgehead atoms. The number of Topliss-reactive ketones (excluding diaryl/α,β-unsaturated/α-hetero) is 1. The average Bonchev–Trinajstić information content (AvgIpc) is 2.73. The van der Waals surface area contributed by atoms with Crippen LogP contribution in [0.25, 0.3) is 0 Å². The van der Waals surface area contributed by atoms with Gasteiger partial charge in [0.2, 0.25) is 0 Å². The third kappa shape index (κ3) is 4.92. The molecule has 0 aliphatic carbocycles. The Morgan fingerprint density at radius 1 is 0.750 bits per heavy atom. The minimum absolute atomic E-state index is 0.0320. The fourth-order valence-corrected chi connectivity index (χ4v) is 2.59. The Bertz CT molecular complexity index is 977. The van der Waals surface area contributed by atoms with E-state index in [0.717, 1.165) is 0 Å². The van der Waals surface area contributed by atoms with E-state index < -0.39 is 0 Å². The molecular formula is C23H19NO4. The van der Waals surface area contributed by atoms with Crippen LogP contribution in [0.4, 0.5) is 5.69 Å². The molecule has 0 aliphatic heterocycles. The molecule has 0 spiro atoms. The first kappa shape index (κ1) is 19.0. The lowest BCUT2D eigenvalue weighted by Gasteiger charge is -2.08. The molecule has 0 aromatic heterocycles. The summed E-state index contributed by atoms with van der Waals surface area (Å²) in [6.45, 7) is 1.32. The second-order valence-electron chi connectivity index (χ2n) is 6.19. The van der Waals surface area contributed by atoms with E-state index in [-0.39, 0.29) is 24.1 Å². The van der Waals surface area contributed by atoms with Crippen LogP contribution in [0, 0.1) is 0 Å². The van der Waals surface area contributed by atoms with Gasteiger partial charge in [0, 0.05) is 22.4 Å². The molecule has 5 heteroatoms. The molecule has 0 aliphatic rings. The molecule has 0 radical (unpaired) electrons. The second kappa shape index (κ2) is 8.77. The predicted molar refractivity (Wildman–Crippen MR) is 107 cm³/mol. The van der Waals surface area contributed by atoms with Gasteiger partial charge in [0.15, 0.2) is 18.2 Å². The summed E-state index contributed by atoms with van der Waals surface area (Å²) in [5.74, 6) is 0.0704. The van der Waals surface area contributed by atoms with Gasteiger partial charge in [-0.1, -0.05) is 30.3 Å². The number of ether oxygens (including phenoxy) is 1. The smallest absolute Gasteiger partial charge is 0.262 e. The molecule has 0 atom stereocenters. The molecule has 0 saturated carbocycles. The highest BCUT2D eigenvalue weighted by molar-refractivity contribution is 6.09. The Labute approximate surface area is 163 Å². The number of carbonyl (C=O) groups excluding carboxylic acids is 3. The lowest BCUT2D eigenvalue weighted by atomic mass is 10.0. The predicted octanol–water partition coefficient (Wildman–Crippen LogP) is 4.14. The van der Waals surface area contributed by atoms with E-state index in [1.165, 1.54) is 6.92 Å². The van der Waals surface area contributed by atoms with E-state index in [9.17, 15) is 14.4 Å². The van der Waals surface area contributed by atoms with Crippen molar-refractivity contribution < 1.29 is 19.1 Å². The van der Waals surface area contributed by atoms with Crippen LogP contribution < -0.4 is 10.1 Å². The molecule has 28 heavy (non-hydrogen) atoms. The lowest BCUT2D eigenvalue weighted by molar-refractivity contribution is -0.118. The van der Waals surface area contributed by atoms with Crippen LogP contribution in [0.5, 0.6) is 5.75 Å². The highest BCUT2D eigenvalue weighted by Gasteiger charge is 2.09. The van der Waals surface area contributed by atoms with Crippen molar-refractivity contribution in [2.45, 2.75) is 6.92 Å². The number of benzene rings is 3. The van der Waals surface area contributed by atoms with Crippen LogP contribution in [-0.2, 0) is 4.79 Å². The Morgan fingerprint density at radius 2 is 1.32 bits per heavy atom. The van der Waals surface area contributed by atoms with Gasteiger partial charge in [-0.15, -0.1) is 0 Å². The summed E-state index contributed by atoms with van der Waals surface area (Å²) in [7, 11) is 0. The van der Waals surface area contributed by atoms with Crippen molar-refractivity contribution in [1.82, 2.24) is 0 Å². The first-order valence-electron chi connectivity index (χ1n) is 8.76. The van der Waals surface area contributed by atoms with E-state index in [1.54, 1.807) is 60.7 Å². The topological polar surface area (TPSA) is 72.5 Å². The molecule has 3 rings (SSSR count). The van der Waals surface area contributed by atoms with Crippen molar-refractivity contribution in [2.75, 3.05) is 11.9 Å². The number of rotatable bonds is 7. The first-order chi connectivity index (χ1) is 13.5. The van der Waals surface area contributed by atoms with E-state index in [1.807, 2.05) is 18.2 Å². The van der Waals surface area contributed by atoms with Gasteiger partial charge in [-0.05, 0) is 55.5 Å². The second-order valence-corrected chi connectivity index (χ2v) is 6.19. The molecule has 0 saturated heterocycles. The zero-order valence-electron chi connectivity index (χ0n) is 15.3. The van der Waals surface area contributed by atoms with Crippen molar-refractivity contribution in [3.05, 3.63) is 95.6 Å². The van der Waals surface area contributed by atoms with Gasteiger partial charge in [-0.2, -0.15) is 0 Å². The Balaban J connectivity index is 1.53. The van der Waals surface area contributed by atoms with Gasteiger partial charge in [0.1, 0.15) is 5.75 Å². The average molecular weight is 373 g/mol. The zero-order chi connectivity index (χ0) is 19.9. The van der Waals surface area contributed by atoms with Crippen molar-refractivity contribution >= 4 is 23.2 Å². The zero-order valence-corrected chi connectivity index (χ0v) is 15.3. The number of amides is 1. The third-order valence-electron chi connectivity index (χ3n) is 4.10. The SMILES string of the molecule is CC(=O)c1ccc(NC(=O)COc2ccc(C(=O)c3ccccc3)cc2)cc1. The normalized spacial score (nSPS) is 10.2. The molecule has 1 amide bonds. The minimum atomic E-state index is -0.319. The molecule has 3 aromatic carbocycles. The number of hydrogen-bond acceptors (Lipinski definition) is 4. The Hall–Kier alpha value is -3.73. The molecule has 1 N–H and O–H groups in total. The third-order valence-corrected chi connectivity index (χ3v) is 4.10. The number of hydrogen-bond donors (Lipinski definition) is 1. The standard InChI is InChI=1S/C23H19NO4/c1-16(25)17-7-11-20(12-8-17)24-22(26)15-28-21-13-9-19(10-14-21)23(27)18-5-3-2-4-6-18/h2-14H,15H2,1H3,(H,24,26). The first-order valence-corrected chi connectivity index (χ1v) is 8.76. The minimum Gasteiger partial charge on any atom is -0.484 e. The van der Waals surface area contributed by atoms with Gasteiger partial charge < -0.3 is 10.1 Å². The summed E-state index contributed by atoms with van der Waals surface area (Å²) in [6, 6.07) is 22.3. The van der Waals surface area contributed by atoms with Gasteiger partial charge in [-0.25, -0.2) is 0 Å². The van der Waals surface area contributed by atoms with Gasteiger partial charge >= 0.3 is 0 Å².